The number of amidine groups is 1. The summed E-state index contributed by atoms with van der Waals surface area (Å²) in [6.07, 6.45) is 6.84. The molecule has 6 nitrogen and oxygen atoms in total. The number of ether oxygens (including phenoxy) is 1. The predicted octanol–water partition coefficient (Wildman–Crippen LogP) is 4.65. The first kappa shape index (κ1) is 20.5. The average molecular weight is 435 g/mol. The maximum Gasteiger partial charge on any atom is 0.324 e. The molecule has 2 N–H and O–H groups in total. The molecule has 0 saturated heterocycles. The first-order valence-electron chi connectivity index (χ1n) is 10.6. The van der Waals surface area contributed by atoms with E-state index < -0.39 is 11.6 Å². The average Bonchev–Trinajstić information content (AvgIpc) is 3.38. The molecule has 1 aromatic heterocycles. The van der Waals surface area contributed by atoms with E-state index in [0.717, 1.165) is 42.3 Å². The lowest BCUT2D eigenvalue weighted by atomic mass is 10.1. The van der Waals surface area contributed by atoms with Gasteiger partial charge in [-0.05, 0) is 50.5 Å². The number of hydrogen-bond donors (Lipinski definition) is 2. The maximum atomic E-state index is 15.1. The van der Waals surface area contributed by atoms with Crippen LogP contribution < -0.4 is 15.4 Å². The standard InChI is InChI=1S/C24H23F2N5O/c1-13-7-16-17(8-13)23(26)20(10-18(16)25)32-24-29-19(15-3-5-27-6-4-15)11-22(31-24)30-21-9-14(2)12-28-21/h3,8-11,27H,4-7,12H2,1-2H3,(H,28,29,30,31). The van der Waals surface area contributed by atoms with E-state index in [9.17, 15) is 4.39 Å². The van der Waals surface area contributed by atoms with Crippen molar-refractivity contribution in [1.29, 1.82) is 0 Å². The molecule has 1 aliphatic carbocycles. The minimum absolute atomic E-state index is 0.0549. The van der Waals surface area contributed by atoms with Gasteiger partial charge in [0.15, 0.2) is 11.6 Å². The second kappa shape index (κ2) is 8.27. The minimum atomic E-state index is -0.610. The smallest absolute Gasteiger partial charge is 0.324 e. The van der Waals surface area contributed by atoms with Crippen LogP contribution in [0.5, 0.6) is 11.8 Å². The molecular weight excluding hydrogens is 412 g/mol. The number of fused-ring (bicyclic) bond motifs is 1. The Kier molecular flexibility index (Phi) is 5.30. The van der Waals surface area contributed by atoms with E-state index in [2.05, 4.69) is 31.7 Å². The van der Waals surface area contributed by atoms with Crippen molar-refractivity contribution in [3.63, 3.8) is 0 Å². The lowest BCUT2D eigenvalue weighted by molar-refractivity contribution is 0.405. The lowest BCUT2D eigenvalue weighted by Crippen LogP contribution is -2.20. The van der Waals surface area contributed by atoms with E-state index in [0.29, 0.717) is 35.9 Å². The Morgan fingerprint density at radius 2 is 1.97 bits per heavy atom. The topological polar surface area (TPSA) is 71.4 Å². The summed E-state index contributed by atoms with van der Waals surface area (Å²) in [6.45, 7) is 6.05. The van der Waals surface area contributed by atoms with E-state index in [4.69, 9.17) is 4.74 Å². The van der Waals surface area contributed by atoms with Crippen molar-refractivity contribution in [3.8, 4) is 11.8 Å². The van der Waals surface area contributed by atoms with Crippen LogP contribution in [0.15, 0.2) is 40.4 Å². The fraction of sp³-hybridized carbons (Fsp3) is 0.292. The van der Waals surface area contributed by atoms with Gasteiger partial charge >= 0.3 is 6.01 Å². The van der Waals surface area contributed by atoms with Crippen LogP contribution in [-0.4, -0.2) is 35.4 Å². The molecule has 0 amide bonds. The molecule has 2 aromatic rings. The molecule has 0 radical (unpaired) electrons. The second-order valence-electron chi connectivity index (χ2n) is 8.25. The summed E-state index contributed by atoms with van der Waals surface area (Å²) in [6, 6.07) is 2.83. The third kappa shape index (κ3) is 4.05. The first-order chi connectivity index (χ1) is 15.5. The predicted molar refractivity (Wildman–Crippen MR) is 121 cm³/mol. The van der Waals surface area contributed by atoms with Gasteiger partial charge in [-0.15, -0.1) is 0 Å². The molecule has 164 valence electrons. The van der Waals surface area contributed by atoms with Crippen LogP contribution in [0.1, 0.15) is 37.1 Å². The molecule has 0 fully saturated rings. The first-order valence-corrected chi connectivity index (χ1v) is 10.6. The SMILES string of the molecule is CC1=CC(Nc2cc(C3=CCNCC3)nc(Oc3cc(F)c4c(c3F)C=C(C)C4)n2)=NC1. The molecule has 3 aliphatic rings. The fourth-order valence-electron chi connectivity index (χ4n) is 4.03. The molecule has 32 heavy (non-hydrogen) atoms. The molecule has 0 unspecified atom stereocenters. The monoisotopic (exact) mass is 435 g/mol. The lowest BCUT2D eigenvalue weighted by Gasteiger charge is -2.16. The summed E-state index contributed by atoms with van der Waals surface area (Å²) < 4.78 is 35.4. The summed E-state index contributed by atoms with van der Waals surface area (Å²) in [5.74, 6) is -0.175. The van der Waals surface area contributed by atoms with Crippen LogP contribution in [-0.2, 0) is 6.42 Å². The van der Waals surface area contributed by atoms with Crippen LogP contribution >= 0.6 is 0 Å². The third-order valence-electron chi connectivity index (χ3n) is 5.61. The summed E-state index contributed by atoms with van der Waals surface area (Å²) in [7, 11) is 0. The molecule has 0 bridgehead atoms. The zero-order valence-corrected chi connectivity index (χ0v) is 17.9. The van der Waals surface area contributed by atoms with E-state index in [1.54, 1.807) is 6.08 Å². The van der Waals surface area contributed by atoms with Gasteiger partial charge in [0.1, 0.15) is 17.5 Å². The van der Waals surface area contributed by atoms with E-state index >= 15 is 4.39 Å². The van der Waals surface area contributed by atoms with Crippen LogP contribution in [0.4, 0.5) is 14.6 Å². The number of hydrogen-bond acceptors (Lipinski definition) is 6. The van der Waals surface area contributed by atoms with Gasteiger partial charge in [0, 0.05) is 29.8 Å². The maximum absolute atomic E-state index is 15.1. The third-order valence-corrected chi connectivity index (χ3v) is 5.61. The van der Waals surface area contributed by atoms with Crippen LogP contribution in [0, 0.1) is 11.6 Å². The van der Waals surface area contributed by atoms with Crippen molar-refractivity contribution in [2.75, 3.05) is 25.0 Å². The molecule has 8 heteroatoms. The molecule has 0 spiro atoms. The van der Waals surface area contributed by atoms with Gasteiger partial charge in [0.25, 0.3) is 0 Å². The van der Waals surface area contributed by atoms with Crippen molar-refractivity contribution in [2.24, 2.45) is 4.99 Å². The molecular formula is C24H23F2N5O. The largest absolute Gasteiger partial charge is 0.421 e. The van der Waals surface area contributed by atoms with Gasteiger partial charge in [-0.2, -0.15) is 9.97 Å². The Balaban J connectivity index is 1.52. The zero-order chi connectivity index (χ0) is 22.2. The van der Waals surface area contributed by atoms with E-state index in [1.165, 1.54) is 0 Å². The number of nitrogens with one attached hydrogen (secondary N) is 2. The summed E-state index contributed by atoms with van der Waals surface area (Å²) >= 11 is 0. The highest BCUT2D eigenvalue weighted by Crippen LogP contribution is 2.36. The Hall–Kier alpha value is -3.39. The van der Waals surface area contributed by atoms with Gasteiger partial charge in [0.05, 0.1) is 12.2 Å². The van der Waals surface area contributed by atoms with Gasteiger partial charge in [-0.25, -0.2) is 8.78 Å². The number of halogens is 2. The zero-order valence-electron chi connectivity index (χ0n) is 17.9. The molecule has 0 saturated carbocycles. The van der Waals surface area contributed by atoms with Gasteiger partial charge in [-0.3, -0.25) is 4.99 Å². The highest BCUT2D eigenvalue weighted by molar-refractivity contribution is 6.05. The van der Waals surface area contributed by atoms with Crippen molar-refractivity contribution >= 4 is 23.3 Å². The second-order valence-corrected chi connectivity index (χ2v) is 8.25. The Labute approximate surface area is 184 Å². The van der Waals surface area contributed by atoms with Crippen LogP contribution in [0.2, 0.25) is 0 Å². The molecule has 5 rings (SSSR count). The highest BCUT2D eigenvalue weighted by Gasteiger charge is 2.24. The van der Waals surface area contributed by atoms with Crippen molar-refractivity contribution in [3.05, 3.63) is 63.9 Å². The quantitative estimate of drug-likeness (QED) is 0.731. The number of allylic oxidation sites excluding steroid dienone is 1. The van der Waals surface area contributed by atoms with Gasteiger partial charge in [-0.1, -0.05) is 17.7 Å². The van der Waals surface area contributed by atoms with E-state index in [-0.39, 0.29) is 17.3 Å². The van der Waals surface area contributed by atoms with Crippen molar-refractivity contribution < 1.29 is 13.5 Å². The Bertz CT molecular complexity index is 1230. The summed E-state index contributed by atoms with van der Waals surface area (Å²) in [4.78, 5) is 13.3. The molecule has 2 aliphatic heterocycles. The van der Waals surface area contributed by atoms with Crippen LogP contribution in [0.3, 0.4) is 0 Å². The van der Waals surface area contributed by atoms with Crippen molar-refractivity contribution in [2.45, 2.75) is 26.7 Å². The molecule has 0 atom stereocenters. The van der Waals surface area contributed by atoms with Gasteiger partial charge < -0.3 is 15.4 Å². The summed E-state index contributed by atoms with van der Waals surface area (Å²) in [5.41, 5.74) is 4.34. The number of rotatable bonds is 4. The number of anilines is 1. The highest BCUT2D eigenvalue weighted by atomic mass is 19.1. The Morgan fingerprint density at radius 1 is 1.09 bits per heavy atom. The molecule has 3 heterocycles. The van der Waals surface area contributed by atoms with Crippen LogP contribution in [0.25, 0.3) is 11.6 Å². The number of benzene rings is 1. The minimum Gasteiger partial charge on any atom is -0.421 e. The van der Waals surface area contributed by atoms with E-state index in [1.807, 2.05) is 26.0 Å². The normalized spacial score (nSPS) is 17.4. The fourth-order valence-corrected chi connectivity index (χ4v) is 4.03. The number of aromatic nitrogens is 2. The van der Waals surface area contributed by atoms with Gasteiger partial charge in [0.2, 0.25) is 0 Å². The number of nitrogens with zero attached hydrogens (tertiary/aromatic N) is 3. The number of aliphatic imine (C=N–C) groups is 1. The summed E-state index contributed by atoms with van der Waals surface area (Å²) in [5, 5.41) is 6.44. The van der Waals surface area contributed by atoms with Crippen molar-refractivity contribution in [1.82, 2.24) is 15.3 Å². The Morgan fingerprint density at radius 3 is 2.72 bits per heavy atom. The molecule has 1 aromatic carbocycles.